The Morgan fingerprint density at radius 1 is 1.00 bits per heavy atom. The van der Waals surface area contributed by atoms with Crippen molar-refractivity contribution in [2.24, 2.45) is 0 Å². The normalized spacial score (nSPS) is 14.4. The van der Waals surface area contributed by atoms with E-state index in [0.29, 0.717) is 0 Å². The average Bonchev–Trinajstić information content (AvgIpc) is 2.49. The first-order chi connectivity index (χ1) is 9.36. The van der Waals surface area contributed by atoms with Crippen molar-refractivity contribution in [3.63, 3.8) is 0 Å². The summed E-state index contributed by atoms with van der Waals surface area (Å²) < 4.78 is 0. The van der Waals surface area contributed by atoms with Crippen LogP contribution in [0.1, 0.15) is 5.69 Å². The Hall–Kier alpha value is -2.49. The minimum atomic E-state index is 0.816. The van der Waals surface area contributed by atoms with E-state index in [-0.39, 0.29) is 0 Å². The van der Waals surface area contributed by atoms with Crippen LogP contribution in [0, 0.1) is 0 Å². The van der Waals surface area contributed by atoms with E-state index >= 15 is 0 Å². The van der Waals surface area contributed by atoms with Crippen molar-refractivity contribution in [3.05, 3.63) is 60.7 Å². The molecule has 0 unspecified atom stereocenters. The highest BCUT2D eigenvalue weighted by molar-refractivity contribution is 5.75. The average molecular weight is 250 g/mol. The smallest absolute Gasteiger partial charge is 0.116 e. The maximum atomic E-state index is 4.48. The van der Waals surface area contributed by atoms with Gasteiger partial charge in [0.15, 0.2) is 0 Å². The van der Waals surface area contributed by atoms with Gasteiger partial charge >= 0.3 is 0 Å². The van der Waals surface area contributed by atoms with Crippen molar-refractivity contribution < 1.29 is 0 Å². The summed E-state index contributed by atoms with van der Waals surface area (Å²) in [5.74, 6) is 0. The number of nitrogens with zero attached hydrogens (tertiary/aromatic N) is 4. The Morgan fingerprint density at radius 2 is 1.84 bits per heavy atom. The molecule has 0 aromatic carbocycles. The lowest BCUT2D eigenvalue weighted by Gasteiger charge is -2.23. The van der Waals surface area contributed by atoms with Crippen molar-refractivity contribution in [2.45, 2.75) is 0 Å². The molecule has 2 aromatic rings. The summed E-state index contributed by atoms with van der Waals surface area (Å²) in [5, 5.41) is 0. The van der Waals surface area contributed by atoms with Gasteiger partial charge < -0.3 is 4.90 Å². The zero-order valence-corrected chi connectivity index (χ0v) is 10.7. The van der Waals surface area contributed by atoms with E-state index in [0.717, 1.165) is 29.3 Å². The van der Waals surface area contributed by atoms with Gasteiger partial charge in [0.1, 0.15) is 11.4 Å². The third-order valence-electron chi connectivity index (χ3n) is 3.03. The maximum absolute atomic E-state index is 4.48. The van der Waals surface area contributed by atoms with Crippen molar-refractivity contribution in [1.82, 2.24) is 19.9 Å². The Bertz CT molecular complexity index is 632. The minimum Gasteiger partial charge on any atom is -0.369 e. The van der Waals surface area contributed by atoms with E-state index < -0.39 is 0 Å². The number of hydrogen-bond donors (Lipinski definition) is 0. The van der Waals surface area contributed by atoms with Gasteiger partial charge in [-0.2, -0.15) is 0 Å². The first kappa shape index (κ1) is 11.6. The van der Waals surface area contributed by atoms with Gasteiger partial charge in [0.25, 0.3) is 0 Å². The zero-order chi connectivity index (χ0) is 13.1. The summed E-state index contributed by atoms with van der Waals surface area (Å²) in [6.07, 6.45) is 11.4. The Balaban J connectivity index is 2.13. The van der Waals surface area contributed by atoms with Crippen LogP contribution in [-0.2, 0) is 0 Å². The molecule has 1 aliphatic heterocycles. The molecule has 0 N–H and O–H groups in total. The summed E-state index contributed by atoms with van der Waals surface area (Å²) in [5.41, 5.74) is 3.59. The molecule has 0 bridgehead atoms. The Morgan fingerprint density at radius 3 is 2.58 bits per heavy atom. The summed E-state index contributed by atoms with van der Waals surface area (Å²) in [6.45, 7) is 0.879. The first-order valence-corrected chi connectivity index (χ1v) is 6.17. The van der Waals surface area contributed by atoms with Gasteiger partial charge in [-0.1, -0.05) is 18.2 Å². The molecule has 2 aromatic heterocycles. The van der Waals surface area contributed by atoms with Crippen LogP contribution < -0.4 is 0 Å². The second-order valence-corrected chi connectivity index (χ2v) is 4.33. The molecule has 3 heterocycles. The highest BCUT2D eigenvalue weighted by Gasteiger charge is 2.16. The van der Waals surface area contributed by atoms with Crippen LogP contribution in [0.15, 0.2) is 55.0 Å². The van der Waals surface area contributed by atoms with Crippen LogP contribution >= 0.6 is 0 Å². The Kier molecular flexibility index (Phi) is 3.06. The third kappa shape index (κ3) is 2.25. The molecule has 3 rings (SSSR count). The molecule has 0 amide bonds. The largest absolute Gasteiger partial charge is 0.369 e. The fraction of sp³-hybridized carbons (Fsp3) is 0.133. The van der Waals surface area contributed by atoms with E-state index in [1.807, 2.05) is 31.3 Å². The van der Waals surface area contributed by atoms with Crippen molar-refractivity contribution in [3.8, 4) is 11.4 Å². The van der Waals surface area contributed by atoms with Gasteiger partial charge in [-0.05, 0) is 18.2 Å². The van der Waals surface area contributed by atoms with E-state index in [1.54, 1.807) is 18.6 Å². The molecule has 94 valence electrons. The van der Waals surface area contributed by atoms with Crippen molar-refractivity contribution in [2.75, 3.05) is 13.6 Å². The molecule has 0 saturated carbocycles. The number of pyridine rings is 1. The van der Waals surface area contributed by atoms with Crippen LogP contribution in [0.2, 0.25) is 0 Å². The lowest BCUT2D eigenvalue weighted by molar-refractivity contribution is 0.529. The van der Waals surface area contributed by atoms with Crippen molar-refractivity contribution in [1.29, 1.82) is 0 Å². The second-order valence-electron chi connectivity index (χ2n) is 4.33. The molecule has 0 radical (unpaired) electrons. The number of aromatic nitrogens is 3. The van der Waals surface area contributed by atoms with E-state index in [9.17, 15) is 0 Å². The van der Waals surface area contributed by atoms with Crippen LogP contribution in [0.5, 0.6) is 0 Å². The van der Waals surface area contributed by atoms with Gasteiger partial charge in [0.05, 0.1) is 11.4 Å². The van der Waals surface area contributed by atoms with Crippen LogP contribution in [-0.4, -0.2) is 33.4 Å². The molecule has 1 aliphatic rings. The Labute approximate surface area is 112 Å². The highest BCUT2D eigenvalue weighted by atomic mass is 15.1. The minimum absolute atomic E-state index is 0.816. The molecular weight excluding hydrogens is 236 g/mol. The standard InChI is InChI=1S/C15H14N4/c1-19-11-5-3-7-13(19)15-14(17-9-10-18-15)12-6-2-4-8-16-12/h2-10H,11H2,1H3. The van der Waals surface area contributed by atoms with Crippen molar-refractivity contribution >= 4 is 5.70 Å². The first-order valence-electron chi connectivity index (χ1n) is 6.17. The third-order valence-corrected chi connectivity index (χ3v) is 3.03. The monoisotopic (exact) mass is 250 g/mol. The number of allylic oxidation sites excluding steroid dienone is 2. The summed E-state index contributed by atoms with van der Waals surface area (Å²) in [7, 11) is 2.05. The lowest BCUT2D eigenvalue weighted by atomic mass is 10.1. The number of rotatable bonds is 2. The fourth-order valence-corrected chi connectivity index (χ4v) is 2.08. The second kappa shape index (κ2) is 5.02. The maximum Gasteiger partial charge on any atom is 0.116 e. The molecular formula is C15H14N4. The SMILES string of the molecule is CN1CC=CC=C1c1nccnc1-c1ccccn1. The van der Waals surface area contributed by atoms with Gasteiger partial charge in [0, 0.05) is 32.2 Å². The molecule has 0 saturated heterocycles. The molecule has 0 atom stereocenters. The molecule has 4 nitrogen and oxygen atoms in total. The molecule has 4 heteroatoms. The fourth-order valence-electron chi connectivity index (χ4n) is 2.08. The van der Waals surface area contributed by atoms with Gasteiger partial charge in [-0.15, -0.1) is 0 Å². The summed E-state index contributed by atoms with van der Waals surface area (Å²) >= 11 is 0. The van der Waals surface area contributed by atoms with E-state index in [4.69, 9.17) is 0 Å². The molecule has 19 heavy (non-hydrogen) atoms. The van der Waals surface area contributed by atoms with Gasteiger partial charge in [-0.3, -0.25) is 15.0 Å². The lowest BCUT2D eigenvalue weighted by Crippen LogP contribution is -2.20. The van der Waals surface area contributed by atoms with Crippen LogP contribution in [0.4, 0.5) is 0 Å². The van der Waals surface area contributed by atoms with E-state index in [1.165, 1.54) is 0 Å². The molecule has 0 fully saturated rings. The predicted octanol–water partition coefficient (Wildman–Crippen LogP) is 2.38. The molecule has 0 spiro atoms. The topological polar surface area (TPSA) is 41.9 Å². The van der Waals surface area contributed by atoms with Crippen LogP contribution in [0.25, 0.3) is 17.1 Å². The molecule has 0 aliphatic carbocycles. The van der Waals surface area contributed by atoms with Gasteiger partial charge in [-0.25, -0.2) is 0 Å². The van der Waals surface area contributed by atoms with Crippen LogP contribution in [0.3, 0.4) is 0 Å². The van der Waals surface area contributed by atoms with E-state index in [2.05, 4.69) is 32.0 Å². The zero-order valence-electron chi connectivity index (χ0n) is 10.7. The summed E-state index contributed by atoms with van der Waals surface area (Å²) in [4.78, 5) is 15.4. The summed E-state index contributed by atoms with van der Waals surface area (Å²) in [6, 6.07) is 5.81. The number of hydrogen-bond acceptors (Lipinski definition) is 4. The predicted molar refractivity (Wildman–Crippen MR) is 75.0 cm³/mol. The number of likely N-dealkylation sites (N-methyl/N-ethyl adjacent to an activating group) is 1. The quantitative estimate of drug-likeness (QED) is 0.820. The van der Waals surface area contributed by atoms with Gasteiger partial charge in [0.2, 0.25) is 0 Å². The highest BCUT2D eigenvalue weighted by Crippen LogP contribution is 2.26.